The van der Waals surface area contributed by atoms with Crippen molar-refractivity contribution < 1.29 is 4.79 Å². The van der Waals surface area contributed by atoms with Gasteiger partial charge in [-0.25, -0.2) is 9.97 Å². The molecule has 0 atom stereocenters. The molecule has 1 aliphatic rings. The van der Waals surface area contributed by atoms with Crippen LogP contribution in [0, 0.1) is 6.92 Å². The van der Waals surface area contributed by atoms with E-state index >= 15 is 0 Å². The number of benzene rings is 1. The molecular weight excluding hydrogens is 368 g/mol. The van der Waals surface area contributed by atoms with Gasteiger partial charge < -0.3 is 0 Å². The molecule has 0 radical (unpaired) electrons. The van der Waals surface area contributed by atoms with Crippen LogP contribution in [0.4, 0.5) is 5.13 Å². The molecule has 28 heavy (non-hydrogen) atoms. The van der Waals surface area contributed by atoms with Crippen LogP contribution in [0.25, 0.3) is 16.9 Å². The summed E-state index contributed by atoms with van der Waals surface area (Å²) in [6.45, 7) is 1.85. The van der Waals surface area contributed by atoms with E-state index in [-0.39, 0.29) is 5.91 Å². The van der Waals surface area contributed by atoms with E-state index < -0.39 is 0 Å². The number of pyridine rings is 1. The predicted octanol–water partition coefficient (Wildman–Crippen LogP) is 4.90. The Morgan fingerprint density at radius 3 is 2.86 bits per heavy atom. The van der Waals surface area contributed by atoms with Gasteiger partial charge in [0.05, 0.1) is 11.4 Å². The number of hydrogen-bond acceptors (Lipinski definition) is 4. The van der Waals surface area contributed by atoms with Gasteiger partial charge in [0.25, 0.3) is 5.91 Å². The average Bonchev–Trinajstić information content (AvgIpc) is 3.31. The first kappa shape index (κ1) is 17.1. The summed E-state index contributed by atoms with van der Waals surface area (Å²) in [6.07, 6.45) is 6.71. The number of thiazole rings is 1. The molecule has 5 nitrogen and oxygen atoms in total. The van der Waals surface area contributed by atoms with Crippen molar-refractivity contribution in [3.63, 3.8) is 0 Å². The third-order valence-corrected chi connectivity index (χ3v) is 6.05. The van der Waals surface area contributed by atoms with Crippen molar-refractivity contribution in [1.29, 1.82) is 0 Å². The van der Waals surface area contributed by atoms with Gasteiger partial charge in [0.2, 0.25) is 0 Å². The molecule has 1 aromatic carbocycles. The van der Waals surface area contributed by atoms with Crippen molar-refractivity contribution in [3.05, 3.63) is 70.5 Å². The molecule has 0 bridgehead atoms. The number of carbonyl (C=O) groups is 1. The molecule has 0 unspecified atom stereocenters. The van der Waals surface area contributed by atoms with E-state index in [1.165, 1.54) is 41.7 Å². The van der Waals surface area contributed by atoms with Crippen LogP contribution in [0.1, 0.15) is 40.2 Å². The van der Waals surface area contributed by atoms with Crippen LogP contribution in [0.15, 0.2) is 48.0 Å². The number of anilines is 1. The van der Waals surface area contributed by atoms with Gasteiger partial charge in [0.1, 0.15) is 11.3 Å². The smallest absolute Gasteiger partial charge is 0.276 e. The van der Waals surface area contributed by atoms with Gasteiger partial charge in [-0.15, -0.1) is 11.3 Å². The zero-order valence-corrected chi connectivity index (χ0v) is 16.4. The van der Waals surface area contributed by atoms with Crippen molar-refractivity contribution in [3.8, 4) is 11.3 Å². The van der Waals surface area contributed by atoms with Gasteiger partial charge in [0.15, 0.2) is 5.13 Å². The molecule has 0 aliphatic heterocycles. The topological polar surface area (TPSA) is 59.3 Å². The number of carbonyl (C=O) groups excluding carboxylic acids is 1. The molecule has 0 saturated heterocycles. The monoisotopic (exact) mass is 388 g/mol. The SMILES string of the molecule is Cc1nc2ccccn2c1C(=O)Nc1nc(-c2ccc3c(c2)CCCC3)cs1. The van der Waals surface area contributed by atoms with Crippen LogP contribution < -0.4 is 5.32 Å². The quantitative estimate of drug-likeness (QED) is 0.543. The van der Waals surface area contributed by atoms with Crippen LogP contribution in [-0.2, 0) is 12.8 Å². The minimum absolute atomic E-state index is 0.192. The van der Waals surface area contributed by atoms with Crippen molar-refractivity contribution in [2.75, 3.05) is 5.32 Å². The summed E-state index contributed by atoms with van der Waals surface area (Å²) >= 11 is 1.45. The first-order valence-electron chi connectivity index (χ1n) is 9.52. The first-order valence-corrected chi connectivity index (χ1v) is 10.4. The maximum Gasteiger partial charge on any atom is 0.276 e. The number of aromatic nitrogens is 3. The standard InChI is InChI=1S/C22H20N4OS/c1-14-20(26-11-5-4-8-19(26)23-14)21(27)25-22-24-18(13-28-22)17-10-9-15-6-2-3-7-16(15)12-17/h4-5,8-13H,2-3,6-7H2,1H3,(H,24,25,27). The summed E-state index contributed by atoms with van der Waals surface area (Å²) in [5.41, 5.74) is 6.92. The molecule has 3 heterocycles. The van der Waals surface area contributed by atoms with Crippen molar-refractivity contribution >= 4 is 28.0 Å². The number of nitrogens with one attached hydrogen (secondary N) is 1. The number of hydrogen-bond donors (Lipinski definition) is 1. The second-order valence-electron chi connectivity index (χ2n) is 7.16. The Kier molecular flexibility index (Phi) is 4.20. The van der Waals surface area contributed by atoms with Crippen LogP contribution in [0.5, 0.6) is 0 Å². The first-order chi connectivity index (χ1) is 13.7. The van der Waals surface area contributed by atoms with E-state index in [2.05, 4.69) is 33.5 Å². The van der Waals surface area contributed by atoms with Gasteiger partial charge in [0, 0.05) is 17.1 Å². The fraction of sp³-hybridized carbons (Fsp3) is 0.227. The fourth-order valence-electron chi connectivity index (χ4n) is 3.90. The summed E-state index contributed by atoms with van der Waals surface area (Å²) in [5.74, 6) is -0.192. The molecule has 1 aliphatic carbocycles. The summed E-state index contributed by atoms with van der Waals surface area (Å²) < 4.78 is 1.81. The second-order valence-corrected chi connectivity index (χ2v) is 8.02. The number of amides is 1. The Labute approximate surface area is 167 Å². The van der Waals surface area contributed by atoms with Gasteiger partial charge in [-0.2, -0.15) is 0 Å². The molecule has 1 N–H and O–H groups in total. The van der Waals surface area contributed by atoms with E-state index in [1.807, 2.05) is 41.1 Å². The maximum absolute atomic E-state index is 12.8. The minimum atomic E-state index is -0.192. The summed E-state index contributed by atoms with van der Waals surface area (Å²) in [4.78, 5) is 21.9. The van der Waals surface area contributed by atoms with E-state index in [0.717, 1.165) is 23.3 Å². The Morgan fingerprint density at radius 1 is 1.11 bits per heavy atom. The molecule has 5 rings (SSSR count). The van der Waals surface area contributed by atoms with Crippen LogP contribution in [0.3, 0.4) is 0 Å². The highest BCUT2D eigenvalue weighted by molar-refractivity contribution is 7.14. The van der Waals surface area contributed by atoms with Gasteiger partial charge in [-0.3, -0.25) is 14.5 Å². The van der Waals surface area contributed by atoms with E-state index in [1.54, 1.807) is 0 Å². The Morgan fingerprint density at radius 2 is 1.96 bits per heavy atom. The summed E-state index contributed by atoms with van der Waals surface area (Å²) in [6, 6.07) is 12.3. The van der Waals surface area contributed by atoms with Crippen molar-refractivity contribution in [2.45, 2.75) is 32.6 Å². The third-order valence-electron chi connectivity index (χ3n) is 5.29. The predicted molar refractivity (Wildman–Crippen MR) is 112 cm³/mol. The summed E-state index contributed by atoms with van der Waals surface area (Å²) in [7, 11) is 0. The highest BCUT2D eigenvalue weighted by atomic mass is 32.1. The van der Waals surface area contributed by atoms with Crippen molar-refractivity contribution in [2.24, 2.45) is 0 Å². The lowest BCUT2D eigenvalue weighted by molar-refractivity contribution is 0.102. The average molecular weight is 388 g/mol. The van der Waals surface area contributed by atoms with Crippen LogP contribution >= 0.6 is 11.3 Å². The number of imidazole rings is 1. The molecule has 3 aromatic heterocycles. The second kappa shape index (κ2) is 6.87. The Balaban J connectivity index is 1.41. The highest BCUT2D eigenvalue weighted by Gasteiger charge is 2.18. The maximum atomic E-state index is 12.8. The third kappa shape index (κ3) is 2.99. The minimum Gasteiger partial charge on any atom is -0.296 e. The van der Waals surface area contributed by atoms with Gasteiger partial charge in [-0.05, 0) is 61.9 Å². The zero-order chi connectivity index (χ0) is 19.1. The van der Waals surface area contributed by atoms with E-state index in [9.17, 15) is 4.79 Å². The van der Waals surface area contributed by atoms with E-state index in [4.69, 9.17) is 0 Å². The summed E-state index contributed by atoms with van der Waals surface area (Å²) in [5, 5.41) is 5.54. The van der Waals surface area contributed by atoms with Crippen LogP contribution in [-0.4, -0.2) is 20.3 Å². The van der Waals surface area contributed by atoms with Crippen LogP contribution in [0.2, 0.25) is 0 Å². The lowest BCUT2D eigenvalue weighted by Crippen LogP contribution is -2.15. The number of aryl methyl sites for hydroxylation is 3. The zero-order valence-electron chi connectivity index (χ0n) is 15.6. The molecule has 4 aromatic rings. The molecule has 0 saturated carbocycles. The largest absolute Gasteiger partial charge is 0.296 e. The Bertz CT molecular complexity index is 1190. The fourth-order valence-corrected chi connectivity index (χ4v) is 4.61. The normalized spacial score (nSPS) is 13.5. The van der Waals surface area contributed by atoms with E-state index in [0.29, 0.717) is 16.5 Å². The van der Waals surface area contributed by atoms with Gasteiger partial charge >= 0.3 is 0 Å². The Hall–Kier alpha value is -2.99. The molecule has 0 fully saturated rings. The number of fused-ring (bicyclic) bond motifs is 2. The highest BCUT2D eigenvalue weighted by Crippen LogP contribution is 2.30. The number of nitrogens with zero attached hydrogens (tertiary/aromatic N) is 3. The van der Waals surface area contributed by atoms with Gasteiger partial charge in [-0.1, -0.05) is 18.2 Å². The molecule has 0 spiro atoms. The number of rotatable bonds is 3. The molecule has 1 amide bonds. The molecule has 6 heteroatoms. The molecule has 140 valence electrons. The molecular formula is C22H20N4OS. The van der Waals surface area contributed by atoms with Crippen molar-refractivity contribution in [1.82, 2.24) is 14.4 Å². The lowest BCUT2D eigenvalue weighted by Gasteiger charge is -2.16. The lowest BCUT2D eigenvalue weighted by atomic mass is 9.90.